The maximum Gasteiger partial charge on any atom is 0.164 e. The summed E-state index contributed by atoms with van der Waals surface area (Å²) in [6.45, 7) is 8.27. The van der Waals surface area contributed by atoms with E-state index in [9.17, 15) is 0 Å². The molecular formula is C17H24N4O4. The van der Waals surface area contributed by atoms with Gasteiger partial charge in [0.25, 0.3) is 0 Å². The second-order valence-corrected chi connectivity index (χ2v) is 7.23. The molecule has 25 heavy (non-hydrogen) atoms. The van der Waals surface area contributed by atoms with Crippen molar-refractivity contribution in [3.05, 3.63) is 18.6 Å². The minimum absolute atomic E-state index is 0.122. The molecule has 2 aliphatic heterocycles. The number of ether oxygens (including phenoxy) is 4. The molecule has 0 aromatic carbocycles. The number of hydrogen-bond acceptors (Lipinski definition) is 7. The highest BCUT2D eigenvalue weighted by Gasteiger charge is 2.56. The van der Waals surface area contributed by atoms with Gasteiger partial charge in [0, 0.05) is 6.20 Å². The van der Waals surface area contributed by atoms with Crippen LogP contribution in [-0.2, 0) is 18.9 Å². The predicted octanol–water partition coefficient (Wildman–Crippen LogP) is 1.86. The summed E-state index contributed by atoms with van der Waals surface area (Å²) in [5.74, 6) is -0.216. The van der Waals surface area contributed by atoms with E-state index in [0.29, 0.717) is 12.4 Å². The highest BCUT2D eigenvalue weighted by Crippen LogP contribution is 2.44. The van der Waals surface area contributed by atoms with E-state index in [-0.39, 0.29) is 30.6 Å². The first-order valence-electron chi connectivity index (χ1n) is 8.55. The van der Waals surface area contributed by atoms with Gasteiger partial charge in [-0.1, -0.05) is 0 Å². The van der Waals surface area contributed by atoms with Crippen molar-refractivity contribution in [2.75, 3.05) is 12.3 Å². The molecule has 0 bridgehead atoms. The smallest absolute Gasteiger partial charge is 0.164 e. The summed E-state index contributed by atoms with van der Waals surface area (Å²) < 4.78 is 26.2. The van der Waals surface area contributed by atoms with Gasteiger partial charge in [-0.15, -0.1) is 0 Å². The van der Waals surface area contributed by atoms with Crippen molar-refractivity contribution in [3.8, 4) is 0 Å². The number of anilines is 1. The molecule has 8 nitrogen and oxygen atoms in total. The summed E-state index contributed by atoms with van der Waals surface area (Å²) in [5, 5.41) is 0.794. The van der Waals surface area contributed by atoms with E-state index in [0.717, 1.165) is 11.0 Å². The summed E-state index contributed by atoms with van der Waals surface area (Å²) in [6, 6.07) is 1.89. The molecule has 2 N–H and O–H groups in total. The van der Waals surface area contributed by atoms with Crippen molar-refractivity contribution in [2.24, 2.45) is 0 Å². The Morgan fingerprint density at radius 1 is 1.28 bits per heavy atom. The molecule has 0 radical (unpaired) electrons. The third-order valence-corrected chi connectivity index (χ3v) is 4.53. The molecule has 4 heterocycles. The summed E-state index contributed by atoms with van der Waals surface area (Å²) in [6.07, 6.45) is 2.46. The van der Waals surface area contributed by atoms with Crippen LogP contribution in [-0.4, -0.2) is 51.3 Å². The number of hydrogen-bond donors (Lipinski definition) is 1. The summed E-state index contributed by atoms with van der Waals surface area (Å²) in [5.41, 5.74) is 6.66. The number of nitrogen functional groups attached to an aromatic ring is 1. The molecule has 2 aromatic rings. The second-order valence-electron chi connectivity index (χ2n) is 7.23. The molecule has 4 rings (SSSR count). The van der Waals surface area contributed by atoms with Crippen molar-refractivity contribution >= 4 is 16.9 Å². The van der Waals surface area contributed by atoms with Crippen molar-refractivity contribution in [1.82, 2.24) is 14.5 Å². The molecule has 4 atom stereocenters. The van der Waals surface area contributed by atoms with Gasteiger partial charge in [-0.2, -0.15) is 0 Å². The Labute approximate surface area is 146 Å². The molecule has 0 aliphatic carbocycles. The van der Waals surface area contributed by atoms with Crippen LogP contribution in [0.2, 0.25) is 0 Å². The number of aromatic nitrogens is 3. The molecule has 0 spiro atoms. The summed E-state index contributed by atoms with van der Waals surface area (Å²) in [4.78, 5) is 8.40. The maximum absolute atomic E-state index is 6.25. The topological polar surface area (TPSA) is 93.7 Å². The van der Waals surface area contributed by atoms with E-state index in [1.54, 1.807) is 0 Å². The minimum atomic E-state index is -0.662. The highest BCUT2D eigenvalue weighted by molar-refractivity contribution is 5.86. The minimum Gasteiger partial charge on any atom is -0.383 e. The second kappa shape index (κ2) is 5.91. The first-order valence-corrected chi connectivity index (χ1v) is 8.55. The average Bonchev–Trinajstić information content (AvgIpc) is 3.17. The molecule has 0 unspecified atom stereocenters. The van der Waals surface area contributed by atoms with Crippen LogP contribution in [0.25, 0.3) is 11.0 Å². The van der Waals surface area contributed by atoms with Crippen LogP contribution >= 0.6 is 0 Å². The molecular weight excluding hydrogens is 324 g/mol. The fourth-order valence-electron chi connectivity index (χ4n) is 3.50. The molecule has 0 amide bonds. The van der Waals surface area contributed by atoms with Crippen LogP contribution in [0.4, 0.5) is 5.82 Å². The van der Waals surface area contributed by atoms with Crippen LogP contribution < -0.4 is 5.73 Å². The number of nitrogens with two attached hydrogens (primary N) is 1. The van der Waals surface area contributed by atoms with Crippen LogP contribution in [0.3, 0.4) is 0 Å². The van der Waals surface area contributed by atoms with Gasteiger partial charge in [-0.25, -0.2) is 9.97 Å². The summed E-state index contributed by atoms with van der Waals surface area (Å²) in [7, 11) is 0. The summed E-state index contributed by atoms with van der Waals surface area (Å²) >= 11 is 0. The first kappa shape index (κ1) is 16.7. The average molecular weight is 348 g/mol. The van der Waals surface area contributed by atoms with Gasteiger partial charge < -0.3 is 29.2 Å². The van der Waals surface area contributed by atoms with E-state index < -0.39 is 5.79 Å². The van der Waals surface area contributed by atoms with Gasteiger partial charge in [0.1, 0.15) is 36.1 Å². The largest absolute Gasteiger partial charge is 0.383 e. The Bertz CT molecular complexity index is 775. The van der Waals surface area contributed by atoms with Crippen LogP contribution in [0.15, 0.2) is 18.6 Å². The lowest BCUT2D eigenvalue weighted by Gasteiger charge is -2.25. The van der Waals surface area contributed by atoms with Gasteiger partial charge >= 0.3 is 0 Å². The Hall–Kier alpha value is -1.74. The van der Waals surface area contributed by atoms with Gasteiger partial charge in [-0.3, -0.25) is 0 Å². The van der Waals surface area contributed by atoms with E-state index in [1.165, 1.54) is 6.33 Å². The Balaban J connectivity index is 1.67. The normalized spacial score (nSPS) is 31.1. The lowest BCUT2D eigenvalue weighted by Crippen LogP contribution is -2.33. The molecule has 136 valence electrons. The SMILES string of the molecule is CC(C)OC[C@H]1O[C@@H](n2ccc3c(N)ncnc32)[C@@H]2OC(C)(C)O[C@@H]21. The fraction of sp³-hybridized carbons (Fsp3) is 0.647. The molecule has 8 heteroatoms. The lowest BCUT2D eigenvalue weighted by atomic mass is 10.1. The van der Waals surface area contributed by atoms with E-state index in [4.69, 9.17) is 24.7 Å². The van der Waals surface area contributed by atoms with Crippen molar-refractivity contribution in [1.29, 1.82) is 0 Å². The van der Waals surface area contributed by atoms with Gasteiger partial charge in [0.05, 0.1) is 18.1 Å². The first-order chi connectivity index (χ1) is 11.9. The molecule has 2 fully saturated rings. The monoisotopic (exact) mass is 348 g/mol. The number of fused-ring (bicyclic) bond motifs is 2. The van der Waals surface area contributed by atoms with Crippen molar-refractivity contribution in [3.63, 3.8) is 0 Å². The van der Waals surface area contributed by atoms with Crippen LogP contribution in [0.1, 0.15) is 33.9 Å². The quantitative estimate of drug-likeness (QED) is 0.901. The third kappa shape index (κ3) is 2.89. The number of nitrogens with zero attached hydrogens (tertiary/aromatic N) is 3. The van der Waals surface area contributed by atoms with E-state index in [1.807, 2.05) is 44.5 Å². The van der Waals surface area contributed by atoms with Crippen molar-refractivity contribution in [2.45, 2.75) is 64.1 Å². The highest BCUT2D eigenvalue weighted by atomic mass is 16.8. The molecule has 2 saturated heterocycles. The van der Waals surface area contributed by atoms with E-state index in [2.05, 4.69) is 9.97 Å². The zero-order valence-electron chi connectivity index (χ0n) is 14.9. The van der Waals surface area contributed by atoms with Crippen LogP contribution in [0.5, 0.6) is 0 Å². The molecule has 2 aromatic heterocycles. The van der Waals surface area contributed by atoms with Gasteiger partial charge in [-0.05, 0) is 33.8 Å². The fourth-order valence-corrected chi connectivity index (χ4v) is 3.50. The zero-order chi connectivity index (χ0) is 17.8. The number of rotatable bonds is 4. The maximum atomic E-state index is 6.25. The predicted molar refractivity (Wildman–Crippen MR) is 90.8 cm³/mol. The van der Waals surface area contributed by atoms with Gasteiger partial charge in [0.2, 0.25) is 0 Å². The Morgan fingerprint density at radius 3 is 2.80 bits per heavy atom. The zero-order valence-corrected chi connectivity index (χ0v) is 14.9. The molecule has 0 saturated carbocycles. The van der Waals surface area contributed by atoms with Crippen molar-refractivity contribution < 1.29 is 18.9 Å². The molecule has 2 aliphatic rings. The third-order valence-electron chi connectivity index (χ3n) is 4.53. The van der Waals surface area contributed by atoms with E-state index >= 15 is 0 Å². The Kier molecular flexibility index (Phi) is 3.95. The lowest BCUT2D eigenvalue weighted by molar-refractivity contribution is -0.202. The van der Waals surface area contributed by atoms with Gasteiger partial charge in [0.15, 0.2) is 12.0 Å². The Morgan fingerprint density at radius 2 is 2.04 bits per heavy atom. The van der Waals surface area contributed by atoms with Crippen LogP contribution in [0, 0.1) is 0 Å². The standard InChI is InChI=1S/C17H24N4O4/c1-9(2)22-7-11-12-13(25-17(3,4)24-12)16(23-11)21-6-5-10-14(18)19-8-20-15(10)21/h5-6,8-9,11-13,16H,7H2,1-4H3,(H2,18,19,20)/t11-,12-,13-,16-/m1/s1.